The van der Waals surface area contributed by atoms with Crippen LogP contribution in [-0.2, 0) is 11.3 Å². The molecule has 1 rings (SSSR count). The predicted molar refractivity (Wildman–Crippen MR) is 57.1 cm³/mol. The highest BCUT2D eigenvalue weighted by atomic mass is 35.5. The van der Waals surface area contributed by atoms with E-state index >= 15 is 0 Å². The van der Waals surface area contributed by atoms with Crippen LogP contribution in [0.2, 0.25) is 5.02 Å². The van der Waals surface area contributed by atoms with E-state index in [-0.39, 0.29) is 24.0 Å². The van der Waals surface area contributed by atoms with Crippen molar-refractivity contribution in [1.82, 2.24) is 5.32 Å². The van der Waals surface area contributed by atoms with Gasteiger partial charge in [0.05, 0.1) is 5.75 Å². The minimum atomic E-state index is -0.381. The van der Waals surface area contributed by atoms with Crippen molar-refractivity contribution in [2.75, 3.05) is 5.75 Å². The number of carbonyl (C=O) groups excluding carboxylic acids is 1. The van der Waals surface area contributed by atoms with Gasteiger partial charge in [-0.2, -0.15) is 12.6 Å². The molecule has 0 aliphatic heterocycles. The zero-order valence-corrected chi connectivity index (χ0v) is 8.91. The molecular weight excluding hydrogens is 225 g/mol. The van der Waals surface area contributed by atoms with Crippen LogP contribution < -0.4 is 5.32 Å². The van der Waals surface area contributed by atoms with Crippen molar-refractivity contribution < 1.29 is 9.18 Å². The number of hydrogen-bond donors (Lipinski definition) is 2. The summed E-state index contributed by atoms with van der Waals surface area (Å²) < 4.78 is 13.1. The maximum atomic E-state index is 13.1. The maximum Gasteiger partial charge on any atom is 0.229 e. The van der Waals surface area contributed by atoms with Crippen LogP contribution in [0.5, 0.6) is 0 Å². The second-order valence-electron chi connectivity index (χ2n) is 2.67. The van der Waals surface area contributed by atoms with E-state index in [1.165, 1.54) is 18.2 Å². The highest BCUT2D eigenvalue weighted by Gasteiger charge is 2.04. The van der Waals surface area contributed by atoms with Gasteiger partial charge in [0.1, 0.15) is 5.82 Å². The average Bonchev–Trinajstić information content (AvgIpc) is 2.19. The summed E-state index contributed by atoms with van der Waals surface area (Å²) in [7, 11) is 0. The second kappa shape index (κ2) is 5.22. The van der Waals surface area contributed by atoms with Gasteiger partial charge in [-0.3, -0.25) is 4.79 Å². The molecule has 0 aliphatic rings. The fraction of sp³-hybridized carbons (Fsp3) is 0.222. The predicted octanol–water partition coefficient (Wildman–Crippen LogP) is 2.03. The van der Waals surface area contributed by atoms with E-state index in [4.69, 9.17) is 11.6 Å². The van der Waals surface area contributed by atoms with Gasteiger partial charge in [0.25, 0.3) is 0 Å². The lowest BCUT2D eigenvalue weighted by molar-refractivity contribution is -0.118. The highest BCUT2D eigenvalue weighted by Crippen LogP contribution is 2.14. The third-order valence-electron chi connectivity index (χ3n) is 1.63. The fourth-order valence-corrected chi connectivity index (χ4v) is 1.23. The molecule has 0 spiro atoms. The number of hydrogen-bond acceptors (Lipinski definition) is 2. The highest BCUT2D eigenvalue weighted by molar-refractivity contribution is 7.81. The lowest BCUT2D eigenvalue weighted by Crippen LogP contribution is -2.24. The summed E-state index contributed by atoms with van der Waals surface area (Å²) in [5.41, 5.74) is 0.368. The van der Waals surface area contributed by atoms with Crippen molar-refractivity contribution in [1.29, 1.82) is 0 Å². The molecule has 0 aliphatic carbocycles. The van der Waals surface area contributed by atoms with Gasteiger partial charge in [0.2, 0.25) is 5.91 Å². The van der Waals surface area contributed by atoms with Gasteiger partial charge in [-0.05, 0) is 18.2 Å². The quantitative estimate of drug-likeness (QED) is 0.769. The summed E-state index contributed by atoms with van der Waals surface area (Å²) in [5.74, 6) is -0.538. The van der Waals surface area contributed by atoms with Gasteiger partial charge in [-0.15, -0.1) is 0 Å². The number of halogens is 2. The molecule has 2 nitrogen and oxygen atoms in total. The van der Waals surface area contributed by atoms with Crippen molar-refractivity contribution >= 4 is 30.1 Å². The Morgan fingerprint density at radius 3 is 2.93 bits per heavy atom. The molecule has 0 aromatic heterocycles. The minimum Gasteiger partial charge on any atom is -0.351 e. The first kappa shape index (κ1) is 11.3. The first-order chi connectivity index (χ1) is 6.63. The molecule has 0 saturated carbocycles. The Morgan fingerprint density at radius 2 is 2.29 bits per heavy atom. The molecule has 0 heterocycles. The Bertz CT molecular complexity index is 346. The number of carbonyl (C=O) groups is 1. The van der Waals surface area contributed by atoms with Crippen molar-refractivity contribution in [3.8, 4) is 0 Å². The molecule has 0 bridgehead atoms. The largest absolute Gasteiger partial charge is 0.351 e. The zero-order valence-electron chi connectivity index (χ0n) is 7.26. The first-order valence-electron chi connectivity index (χ1n) is 3.95. The van der Waals surface area contributed by atoms with Crippen LogP contribution in [-0.4, -0.2) is 11.7 Å². The van der Waals surface area contributed by atoms with E-state index < -0.39 is 0 Å². The third-order valence-corrected chi connectivity index (χ3v) is 2.15. The van der Waals surface area contributed by atoms with Crippen LogP contribution in [0.4, 0.5) is 4.39 Å². The molecule has 0 fully saturated rings. The number of rotatable bonds is 3. The van der Waals surface area contributed by atoms with Gasteiger partial charge in [-0.1, -0.05) is 11.6 Å². The van der Waals surface area contributed by atoms with Crippen LogP contribution in [0, 0.1) is 5.82 Å². The average molecular weight is 234 g/mol. The molecule has 5 heteroatoms. The van der Waals surface area contributed by atoms with Crippen molar-refractivity contribution in [2.24, 2.45) is 0 Å². The first-order valence-corrected chi connectivity index (χ1v) is 4.96. The molecule has 1 aromatic carbocycles. The molecule has 0 saturated heterocycles. The summed E-state index contributed by atoms with van der Waals surface area (Å²) >= 11 is 9.45. The molecule has 0 radical (unpaired) electrons. The molecular formula is C9H9ClFNOS. The standard InChI is InChI=1S/C9H9ClFNOS/c10-7-1-2-8(11)6(3-7)4-12-9(13)5-14/h1-3,14H,4-5H2,(H,12,13). The van der Waals surface area contributed by atoms with E-state index in [9.17, 15) is 9.18 Å². The molecule has 1 amide bonds. The van der Waals surface area contributed by atoms with Crippen LogP contribution in [0.15, 0.2) is 18.2 Å². The molecule has 1 N–H and O–H groups in total. The molecule has 14 heavy (non-hydrogen) atoms. The number of amides is 1. The third kappa shape index (κ3) is 3.20. The number of thiol groups is 1. The van der Waals surface area contributed by atoms with E-state index in [1.807, 2.05) is 0 Å². The Balaban J connectivity index is 2.66. The van der Waals surface area contributed by atoms with E-state index in [2.05, 4.69) is 17.9 Å². The number of nitrogens with one attached hydrogen (secondary N) is 1. The molecule has 76 valence electrons. The summed E-state index contributed by atoms with van der Waals surface area (Å²) in [6, 6.07) is 4.21. The fourth-order valence-electron chi connectivity index (χ4n) is 0.928. The lowest BCUT2D eigenvalue weighted by Gasteiger charge is -2.04. The smallest absolute Gasteiger partial charge is 0.229 e. The Morgan fingerprint density at radius 1 is 1.57 bits per heavy atom. The van der Waals surface area contributed by atoms with E-state index in [0.29, 0.717) is 10.6 Å². The molecule has 0 unspecified atom stereocenters. The van der Waals surface area contributed by atoms with Crippen LogP contribution in [0.3, 0.4) is 0 Å². The van der Waals surface area contributed by atoms with Gasteiger partial charge in [0.15, 0.2) is 0 Å². The summed E-state index contributed by atoms with van der Waals surface area (Å²) in [5, 5.41) is 2.95. The number of benzene rings is 1. The lowest BCUT2D eigenvalue weighted by atomic mass is 10.2. The van der Waals surface area contributed by atoms with Crippen LogP contribution in [0.1, 0.15) is 5.56 Å². The summed E-state index contributed by atoms with van der Waals surface area (Å²) in [4.78, 5) is 10.8. The maximum absolute atomic E-state index is 13.1. The summed E-state index contributed by atoms with van der Waals surface area (Å²) in [6.45, 7) is 0.131. The van der Waals surface area contributed by atoms with E-state index in [1.54, 1.807) is 0 Å². The SMILES string of the molecule is O=C(CS)NCc1cc(Cl)ccc1F. The Kier molecular flexibility index (Phi) is 4.22. The second-order valence-corrected chi connectivity index (χ2v) is 3.42. The van der Waals surface area contributed by atoms with Crippen LogP contribution >= 0.6 is 24.2 Å². The Labute approximate surface area is 91.9 Å². The summed E-state index contributed by atoms with van der Waals surface area (Å²) in [6.07, 6.45) is 0. The molecule has 0 atom stereocenters. The molecule has 1 aromatic rings. The van der Waals surface area contributed by atoms with E-state index in [0.717, 1.165) is 0 Å². The van der Waals surface area contributed by atoms with Gasteiger partial charge in [-0.25, -0.2) is 4.39 Å². The van der Waals surface area contributed by atoms with Gasteiger partial charge < -0.3 is 5.32 Å². The zero-order chi connectivity index (χ0) is 10.6. The topological polar surface area (TPSA) is 29.1 Å². The Hall–Kier alpha value is -0.740. The van der Waals surface area contributed by atoms with Crippen LogP contribution in [0.25, 0.3) is 0 Å². The van der Waals surface area contributed by atoms with Gasteiger partial charge >= 0.3 is 0 Å². The van der Waals surface area contributed by atoms with Gasteiger partial charge in [0, 0.05) is 17.1 Å². The monoisotopic (exact) mass is 233 g/mol. The minimum absolute atomic E-state index is 0.0855. The van der Waals surface area contributed by atoms with Crippen molar-refractivity contribution in [3.05, 3.63) is 34.6 Å². The van der Waals surface area contributed by atoms with Crippen molar-refractivity contribution in [3.63, 3.8) is 0 Å². The van der Waals surface area contributed by atoms with Crippen molar-refractivity contribution in [2.45, 2.75) is 6.54 Å². The normalized spacial score (nSPS) is 9.93.